The minimum Gasteiger partial charge on any atom is -0.507 e. The number of aromatic nitrogens is 5. The third-order valence-electron chi connectivity index (χ3n) is 12.3. The van der Waals surface area contributed by atoms with Crippen LogP contribution in [0.25, 0.3) is 77.2 Å². The molecule has 67 heavy (non-hydrogen) atoms. The Morgan fingerprint density at radius 3 is 1.69 bits per heavy atom. The van der Waals surface area contributed by atoms with Gasteiger partial charge in [0.2, 0.25) is 5.88 Å². The van der Waals surface area contributed by atoms with Gasteiger partial charge in [0.1, 0.15) is 16.5 Å². The monoisotopic (exact) mass is 899 g/mol. The Balaban J connectivity index is 1.26. The van der Waals surface area contributed by atoms with Crippen molar-refractivity contribution in [3.8, 4) is 84.4 Å². The van der Waals surface area contributed by atoms with Crippen molar-refractivity contribution in [1.29, 1.82) is 0 Å². The summed E-state index contributed by atoms with van der Waals surface area (Å²) >= 11 is 1.59. The summed E-state index contributed by atoms with van der Waals surface area (Å²) in [6, 6.07) is 47.7. The molecule has 7 nitrogen and oxygen atoms in total. The van der Waals surface area contributed by atoms with Crippen LogP contribution in [0.3, 0.4) is 0 Å². The van der Waals surface area contributed by atoms with E-state index in [1.165, 1.54) is 5.56 Å². The van der Waals surface area contributed by atoms with Gasteiger partial charge < -0.3 is 9.84 Å². The number of phenols is 1. The maximum atomic E-state index is 12.3. The molecule has 0 spiro atoms. The first-order valence-electron chi connectivity index (χ1n) is 23.1. The van der Waals surface area contributed by atoms with Crippen LogP contribution in [0.1, 0.15) is 103 Å². The Bertz CT molecular complexity index is 3210. The molecule has 0 bridgehead atoms. The summed E-state index contributed by atoms with van der Waals surface area (Å²) < 4.78 is 7.62. The van der Waals surface area contributed by atoms with Gasteiger partial charge in [0.15, 0.2) is 17.5 Å². The van der Waals surface area contributed by atoms with Crippen molar-refractivity contribution in [2.24, 2.45) is 0 Å². The highest BCUT2D eigenvalue weighted by Gasteiger charge is 2.29. The van der Waals surface area contributed by atoms with Crippen molar-refractivity contribution < 1.29 is 9.84 Å². The second kappa shape index (κ2) is 18.0. The van der Waals surface area contributed by atoms with Crippen LogP contribution < -0.4 is 4.74 Å². The first-order chi connectivity index (χ1) is 32.0. The average molecular weight is 900 g/mol. The quantitative estimate of drug-likeness (QED) is 0.146. The summed E-state index contributed by atoms with van der Waals surface area (Å²) in [5, 5.41) is 13.2. The van der Waals surface area contributed by atoms with Gasteiger partial charge in [-0.1, -0.05) is 178 Å². The number of ether oxygens (including phenoxy) is 1. The topological polar surface area (TPSA) is 93.9 Å². The summed E-state index contributed by atoms with van der Waals surface area (Å²) in [5.74, 6) is 2.90. The normalized spacial score (nSPS) is 12.1. The number of rotatable bonds is 10. The van der Waals surface area contributed by atoms with Crippen LogP contribution in [0, 0.1) is 0 Å². The fourth-order valence-electron chi connectivity index (χ4n) is 8.53. The summed E-state index contributed by atoms with van der Waals surface area (Å²) in [7, 11) is 0. The molecule has 0 atom stereocenters. The standard InChI is InChI=1S/C59H57N5O2S/c1-35(2)44-22-17-23-45(36(3)4)51(44)56-63-54(46-31-42(58(5,6)7)32-48(52(46)65)59(8,9)10)62-55(64-56)47-33-43(34-49-53(47)67-57(61-49)40-20-15-12-16-21-40)66-50-30-41(28-29-60-50)39-26-24-38(25-27-39)37-18-13-11-14-19-37/h11-36,65H,1-10H3. The highest BCUT2D eigenvalue weighted by molar-refractivity contribution is 7.22. The van der Waals surface area contributed by atoms with E-state index in [4.69, 9.17) is 24.7 Å². The van der Waals surface area contributed by atoms with Gasteiger partial charge in [-0.15, -0.1) is 11.3 Å². The molecule has 0 amide bonds. The Kier molecular flexibility index (Phi) is 12.1. The van der Waals surface area contributed by atoms with Gasteiger partial charge in [-0.25, -0.2) is 24.9 Å². The van der Waals surface area contributed by atoms with E-state index in [1.54, 1.807) is 17.5 Å². The lowest BCUT2D eigenvalue weighted by atomic mass is 9.79. The number of phenolic OH excluding ortho intramolecular Hbond substituents is 1. The minimum atomic E-state index is -0.362. The maximum Gasteiger partial charge on any atom is 0.219 e. The molecule has 0 saturated heterocycles. The molecule has 0 unspecified atom stereocenters. The number of aromatic hydroxyl groups is 1. The van der Waals surface area contributed by atoms with Crippen LogP contribution in [-0.4, -0.2) is 30.0 Å². The number of fused-ring (bicyclic) bond motifs is 1. The molecule has 3 aromatic heterocycles. The van der Waals surface area contributed by atoms with E-state index in [9.17, 15) is 5.11 Å². The lowest BCUT2D eigenvalue weighted by Crippen LogP contribution is -2.17. The number of hydrogen-bond donors (Lipinski definition) is 1. The number of thiazole rings is 1. The van der Waals surface area contributed by atoms with Crippen LogP contribution in [0.2, 0.25) is 0 Å². The summed E-state index contributed by atoms with van der Waals surface area (Å²) in [5.41, 5.74) is 12.0. The van der Waals surface area contributed by atoms with E-state index in [2.05, 4.69) is 159 Å². The number of nitrogens with zero attached hydrogens (tertiary/aromatic N) is 5. The van der Waals surface area contributed by atoms with Crippen LogP contribution in [-0.2, 0) is 10.8 Å². The van der Waals surface area contributed by atoms with Gasteiger partial charge in [-0.2, -0.15) is 0 Å². The molecular weight excluding hydrogens is 843 g/mol. The van der Waals surface area contributed by atoms with Gasteiger partial charge in [0.05, 0.1) is 15.8 Å². The van der Waals surface area contributed by atoms with E-state index >= 15 is 0 Å². The van der Waals surface area contributed by atoms with Crippen molar-refractivity contribution >= 4 is 21.6 Å². The fourth-order valence-corrected chi connectivity index (χ4v) is 9.60. The van der Waals surface area contributed by atoms with E-state index in [1.807, 2.05) is 54.6 Å². The van der Waals surface area contributed by atoms with Crippen LogP contribution in [0.15, 0.2) is 146 Å². The predicted molar refractivity (Wildman–Crippen MR) is 277 cm³/mol. The Morgan fingerprint density at radius 1 is 0.522 bits per heavy atom. The molecule has 0 radical (unpaired) electrons. The van der Waals surface area contributed by atoms with Gasteiger partial charge in [0.25, 0.3) is 0 Å². The van der Waals surface area contributed by atoms with Crippen molar-refractivity contribution in [1.82, 2.24) is 24.9 Å². The molecule has 1 N–H and O–H groups in total. The van der Waals surface area contributed by atoms with Crippen molar-refractivity contribution in [2.45, 2.75) is 91.9 Å². The summed E-state index contributed by atoms with van der Waals surface area (Å²) in [4.78, 5) is 26.0. The molecule has 8 heteroatoms. The van der Waals surface area contributed by atoms with Crippen molar-refractivity contribution in [3.63, 3.8) is 0 Å². The zero-order valence-electron chi connectivity index (χ0n) is 40.0. The smallest absolute Gasteiger partial charge is 0.219 e. The molecule has 9 aromatic rings. The largest absolute Gasteiger partial charge is 0.507 e. The van der Waals surface area contributed by atoms with Gasteiger partial charge in [-0.05, 0) is 79.8 Å². The SMILES string of the molecule is CC(C)c1cccc(C(C)C)c1-c1nc(-c2cc(C(C)(C)C)cc(C(C)(C)C)c2O)nc(-c2cc(Oc3cc(-c4ccc(-c5ccccc5)cc4)ccn3)cc3nc(-c4ccccc4)sc23)n1. The molecule has 9 rings (SSSR count). The summed E-state index contributed by atoms with van der Waals surface area (Å²) in [6.45, 7) is 21.8. The van der Waals surface area contributed by atoms with Crippen LogP contribution in [0.5, 0.6) is 17.4 Å². The molecule has 0 fully saturated rings. The van der Waals surface area contributed by atoms with Crippen LogP contribution in [0.4, 0.5) is 0 Å². The second-order valence-electron chi connectivity index (χ2n) is 20.0. The van der Waals surface area contributed by atoms with Gasteiger partial charge in [-0.3, -0.25) is 0 Å². The molecular formula is C59H57N5O2S. The van der Waals surface area contributed by atoms with E-state index in [0.717, 1.165) is 70.9 Å². The molecule has 0 aliphatic carbocycles. The second-order valence-corrected chi connectivity index (χ2v) is 21.0. The lowest BCUT2D eigenvalue weighted by Gasteiger charge is -2.27. The maximum absolute atomic E-state index is 12.3. The Hall–Kier alpha value is -7.03. The number of pyridine rings is 1. The Morgan fingerprint density at radius 2 is 1.09 bits per heavy atom. The van der Waals surface area contributed by atoms with Crippen LogP contribution >= 0.6 is 11.3 Å². The number of benzene rings is 6. The molecule has 0 aliphatic rings. The number of hydrogen-bond acceptors (Lipinski definition) is 8. The molecule has 6 aromatic carbocycles. The molecule has 0 aliphatic heterocycles. The summed E-state index contributed by atoms with van der Waals surface area (Å²) in [6.07, 6.45) is 1.78. The fraction of sp³-hybridized carbons (Fsp3) is 0.237. The van der Waals surface area contributed by atoms with Crippen molar-refractivity contribution in [3.05, 3.63) is 168 Å². The first kappa shape index (κ1) is 45.1. The van der Waals surface area contributed by atoms with E-state index in [-0.39, 0.29) is 28.4 Å². The Labute approximate surface area is 398 Å². The highest BCUT2D eigenvalue weighted by atomic mass is 32.1. The first-order valence-corrected chi connectivity index (χ1v) is 23.9. The third kappa shape index (κ3) is 9.36. The zero-order chi connectivity index (χ0) is 47.2. The average Bonchev–Trinajstić information content (AvgIpc) is 3.75. The van der Waals surface area contributed by atoms with E-state index < -0.39 is 0 Å². The minimum absolute atomic E-state index is 0.164. The molecule has 336 valence electrons. The third-order valence-corrected chi connectivity index (χ3v) is 13.4. The lowest BCUT2D eigenvalue weighted by molar-refractivity contribution is 0.446. The predicted octanol–water partition coefficient (Wildman–Crippen LogP) is 16.2. The van der Waals surface area contributed by atoms with Gasteiger partial charge >= 0.3 is 0 Å². The zero-order valence-corrected chi connectivity index (χ0v) is 40.8. The highest BCUT2D eigenvalue weighted by Crippen LogP contribution is 2.45. The van der Waals surface area contributed by atoms with E-state index in [0.29, 0.717) is 34.7 Å². The van der Waals surface area contributed by atoms with Gasteiger partial charge in [0, 0.05) is 40.6 Å². The molecule has 0 saturated carbocycles. The van der Waals surface area contributed by atoms with Crippen molar-refractivity contribution in [2.75, 3.05) is 0 Å². The molecule has 3 heterocycles.